The van der Waals surface area contributed by atoms with E-state index in [0.29, 0.717) is 6.54 Å². The van der Waals surface area contributed by atoms with E-state index in [0.717, 1.165) is 62.5 Å². The Labute approximate surface area is 192 Å². The summed E-state index contributed by atoms with van der Waals surface area (Å²) in [5.74, 6) is 1.90. The monoisotopic (exact) mass is 516 g/mol. The van der Waals surface area contributed by atoms with Crippen molar-refractivity contribution in [2.24, 2.45) is 10.4 Å². The summed E-state index contributed by atoms with van der Waals surface area (Å²) in [5.41, 5.74) is 2.03. The zero-order valence-corrected chi connectivity index (χ0v) is 20.8. The molecule has 2 rings (SSSR count). The van der Waals surface area contributed by atoms with Crippen molar-refractivity contribution in [3.63, 3.8) is 0 Å². The number of carbonyl (C=O) groups is 1. The van der Waals surface area contributed by atoms with Gasteiger partial charge in [-0.15, -0.1) is 24.0 Å². The summed E-state index contributed by atoms with van der Waals surface area (Å²) in [4.78, 5) is 19.2. The average molecular weight is 516 g/mol. The van der Waals surface area contributed by atoms with Crippen LogP contribution in [0.3, 0.4) is 0 Å². The minimum atomic E-state index is -0.337. The summed E-state index contributed by atoms with van der Waals surface area (Å²) >= 11 is 0. The molecule has 1 amide bonds. The highest BCUT2D eigenvalue weighted by molar-refractivity contribution is 14.0. The van der Waals surface area contributed by atoms with E-state index >= 15 is 0 Å². The lowest BCUT2D eigenvalue weighted by Gasteiger charge is -2.29. The van der Waals surface area contributed by atoms with E-state index in [1.165, 1.54) is 5.56 Å². The van der Waals surface area contributed by atoms with Crippen LogP contribution in [0.5, 0.6) is 5.75 Å². The summed E-state index contributed by atoms with van der Waals surface area (Å²) in [6.07, 6.45) is 4.94. The third-order valence-electron chi connectivity index (χ3n) is 5.48. The van der Waals surface area contributed by atoms with Gasteiger partial charge >= 0.3 is 0 Å². The zero-order valence-electron chi connectivity index (χ0n) is 18.5. The number of benzene rings is 1. The SMILES string of the molecule is CCNC(=NCC1(C(=O)N(C)C)CCCC1)NCCc1ccc(C)c(OC)c1.I. The molecule has 164 valence electrons. The van der Waals surface area contributed by atoms with Crippen molar-refractivity contribution in [2.45, 2.75) is 46.0 Å². The number of methoxy groups -OCH3 is 1. The molecule has 1 aromatic rings. The molecule has 0 spiro atoms. The molecule has 29 heavy (non-hydrogen) atoms. The minimum Gasteiger partial charge on any atom is -0.496 e. The van der Waals surface area contributed by atoms with Crippen LogP contribution in [0.2, 0.25) is 0 Å². The van der Waals surface area contributed by atoms with E-state index in [2.05, 4.69) is 35.8 Å². The number of guanidine groups is 1. The fourth-order valence-electron chi connectivity index (χ4n) is 3.88. The molecule has 1 fully saturated rings. The van der Waals surface area contributed by atoms with E-state index in [4.69, 9.17) is 9.73 Å². The number of carbonyl (C=O) groups excluding carboxylic acids is 1. The number of amides is 1. The molecule has 0 aromatic heterocycles. The summed E-state index contributed by atoms with van der Waals surface area (Å²) < 4.78 is 5.41. The highest BCUT2D eigenvalue weighted by Gasteiger charge is 2.42. The number of hydrogen-bond donors (Lipinski definition) is 2. The van der Waals surface area contributed by atoms with Gasteiger partial charge in [0.25, 0.3) is 0 Å². The Bertz CT molecular complexity index is 685. The average Bonchev–Trinajstić information content (AvgIpc) is 3.16. The van der Waals surface area contributed by atoms with E-state index in [1.807, 2.05) is 21.0 Å². The third-order valence-corrected chi connectivity index (χ3v) is 5.48. The highest BCUT2D eigenvalue weighted by atomic mass is 127. The molecular formula is C22H37IN4O2. The van der Waals surface area contributed by atoms with Crippen LogP contribution in [0, 0.1) is 12.3 Å². The van der Waals surface area contributed by atoms with Crippen molar-refractivity contribution in [1.82, 2.24) is 15.5 Å². The Kier molecular flexibility index (Phi) is 10.8. The van der Waals surface area contributed by atoms with Gasteiger partial charge in [-0.2, -0.15) is 0 Å². The molecule has 0 heterocycles. The number of hydrogen-bond acceptors (Lipinski definition) is 3. The lowest BCUT2D eigenvalue weighted by molar-refractivity contribution is -0.138. The summed E-state index contributed by atoms with van der Waals surface area (Å²) in [6, 6.07) is 6.31. The number of nitrogens with one attached hydrogen (secondary N) is 2. The standard InChI is InChI=1S/C22H36N4O2.HI/c1-6-23-21(24-14-11-18-10-9-17(2)19(15-18)28-5)25-16-22(12-7-8-13-22)20(27)26(3)4;/h9-10,15H,6-8,11-14,16H2,1-5H3,(H2,23,24,25);1H. The molecule has 0 unspecified atom stereocenters. The molecule has 0 aliphatic heterocycles. The largest absolute Gasteiger partial charge is 0.496 e. The number of ether oxygens (including phenoxy) is 1. The van der Waals surface area contributed by atoms with Crippen molar-refractivity contribution in [3.8, 4) is 5.75 Å². The number of rotatable bonds is 8. The molecule has 0 radical (unpaired) electrons. The van der Waals surface area contributed by atoms with Gasteiger partial charge in [0.1, 0.15) is 5.75 Å². The first-order valence-electron chi connectivity index (χ1n) is 10.3. The van der Waals surface area contributed by atoms with Crippen LogP contribution >= 0.6 is 24.0 Å². The number of halogens is 1. The Morgan fingerprint density at radius 3 is 2.52 bits per heavy atom. The van der Waals surface area contributed by atoms with Gasteiger partial charge < -0.3 is 20.3 Å². The first-order chi connectivity index (χ1) is 13.4. The van der Waals surface area contributed by atoms with Gasteiger partial charge in [-0.05, 0) is 50.3 Å². The second-order valence-corrected chi connectivity index (χ2v) is 7.86. The molecule has 6 nitrogen and oxygen atoms in total. The van der Waals surface area contributed by atoms with Crippen molar-refractivity contribution in [3.05, 3.63) is 29.3 Å². The molecule has 1 aromatic carbocycles. The van der Waals surface area contributed by atoms with Crippen molar-refractivity contribution in [1.29, 1.82) is 0 Å². The molecule has 1 saturated carbocycles. The van der Waals surface area contributed by atoms with Crippen LogP contribution in [0.15, 0.2) is 23.2 Å². The van der Waals surface area contributed by atoms with Gasteiger partial charge in [-0.25, -0.2) is 0 Å². The van der Waals surface area contributed by atoms with Crippen LogP contribution in [-0.4, -0.2) is 57.6 Å². The first kappa shape index (κ1) is 25.5. The summed E-state index contributed by atoms with van der Waals surface area (Å²) in [6.45, 7) is 6.20. The Morgan fingerprint density at radius 1 is 1.24 bits per heavy atom. The van der Waals surface area contributed by atoms with Gasteiger partial charge in [-0.1, -0.05) is 25.0 Å². The van der Waals surface area contributed by atoms with Crippen molar-refractivity contribution >= 4 is 35.8 Å². The molecule has 7 heteroatoms. The smallest absolute Gasteiger partial charge is 0.230 e. The van der Waals surface area contributed by atoms with E-state index in [1.54, 1.807) is 12.0 Å². The predicted molar refractivity (Wildman–Crippen MR) is 130 cm³/mol. The predicted octanol–water partition coefficient (Wildman–Crippen LogP) is 3.37. The lowest BCUT2D eigenvalue weighted by atomic mass is 9.85. The van der Waals surface area contributed by atoms with Gasteiger partial charge in [0, 0.05) is 27.2 Å². The van der Waals surface area contributed by atoms with Crippen LogP contribution in [0.4, 0.5) is 0 Å². The molecule has 0 saturated heterocycles. The van der Waals surface area contributed by atoms with Crippen LogP contribution in [0.1, 0.15) is 43.7 Å². The maximum absolute atomic E-state index is 12.7. The van der Waals surface area contributed by atoms with Crippen LogP contribution in [-0.2, 0) is 11.2 Å². The summed E-state index contributed by atoms with van der Waals surface area (Å²) in [5, 5.41) is 6.70. The minimum absolute atomic E-state index is 0. The van der Waals surface area contributed by atoms with Crippen LogP contribution in [0.25, 0.3) is 0 Å². The molecule has 1 aliphatic carbocycles. The second kappa shape index (κ2) is 12.2. The fourth-order valence-corrected chi connectivity index (χ4v) is 3.88. The molecular weight excluding hydrogens is 479 g/mol. The van der Waals surface area contributed by atoms with E-state index in [-0.39, 0.29) is 35.3 Å². The molecule has 1 aliphatic rings. The van der Waals surface area contributed by atoms with Crippen molar-refractivity contribution in [2.75, 3.05) is 40.8 Å². The van der Waals surface area contributed by atoms with E-state index in [9.17, 15) is 4.79 Å². The number of nitrogens with zero attached hydrogens (tertiary/aromatic N) is 2. The number of aryl methyl sites for hydroxylation is 1. The summed E-state index contributed by atoms with van der Waals surface area (Å²) in [7, 11) is 5.38. The fraction of sp³-hybridized carbons (Fsp3) is 0.636. The maximum Gasteiger partial charge on any atom is 0.230 e. The topological polar surface area (TPSA) is 66.0 Å². The molecule has 0 bridgehead atoms. The quantitative estimate of drug-likeness (QED) is 0.316. The van der Waals surface area contributed by atoms with Gasteiger partial charge in [0.2, 0.25) is 5.91 Å². The van der Waals surface area contributed by atoms with Crippen molar-refractivity contribution < 1.29 is 9.53 Å². The first-order valence-corrected chi connectivity index (χ1v) is 10.3. The van der Waals surface area contributed by atoms with E-state index < -0.39 is 0 Å². The molecule has 2 N–H and O–H groups in total. The molecule has 0 atom stereocenters. The van der Waals surface area contributed by atoms with Crippen LogP contribution < -0.4 is 15.4 Å². The van der Waals surface area contributed by atoms with Gasteiger partial charge in [-0.3, -0.25) is 9.79 Å². The second-order valence-electron chi connectivity index (χ2n) is 7.86. The van der Waals surface area contributed by atoms with Gasteiger partial charge in [0.15, 0.2) is 5.96 Å². The lowest BCUT2D eigenvalue weighted by Crippen LogP contribution is -2.43. The maximum atomic E-state index is 12.7. The van der Waals surface area contributed by atoms with Gasteiger partial charge in [0.05, 0.1) is 19.1 Å². The zero-order chi connectivity index (χ0) is 20.6. The Hall–Kier alpha value is -1.51. The normalized spacial score (nSPS) is 15.4. The third kappa shape index (κ3) is 7.04. The highest BCUT2D eigenvalue weighted by Crippen LogP contribution is 2.39. The number of aliphatic imine (C=N–C) groups is 1. The Balaban J connectivity index is 0.00000420. The Morgan fingerprint density at radius 2 is 1.93 bits per heavy atom.